The minimum Gasteiger partial charge on any atom is -0.352 e. The molecule has 4 heteroatoms. The van der Waals surface area contributed by atoms with Gasteiger partial charge in [0.05, 0.1) is 6.20 Å². The summed E-state index contributed by atoms with van der Waals surface area (Å²) in [4.78, 5) is 6.39. The van der Waals surface area contributed by atoms with E-state index in [1.165, 1.54) is 44.4 Å². The average Bonchev–Trinajstić information content (AvgIpc) is 2.38. The zero-order valence-electron chi connectivity index (χ0n) is 9.91. The Morgan fingerprint density at radius 1 is 1.29 bits per heavy atom. The topological polar surface area (TPSA) is 16.1 Å². The second kappa shape index (κ2) is 6.20. The van der Waals surface area contributed by atoms with Crippen LogP contribution in [0, 0.1) is 5.82 Å². The third-order valence-corrected chi connectivity index (χ3v) is 3.52. The van der Waals surface area contributed by atoms with Crippen LogP contribution in [0.3, 0.4) is 0 Å². The first-order valence-electron chi connectivity index (χ1n) is 6.25. The summed E-state index contributed by atoms with van der Waals surface area (Å²) in [6, 6.07) is 3.73. The number of rotatable bonds is 4. The lowest BCUT2D eigenvalue weighted by molar-refractivity contribution is 0.416. The summed E-state index contributed by atoms with van der Waals surface area (Å²) in [6.45, 7) is 0.783. The van der Waals surface area contributed by atoms with Crippen LogP contribution in [0.1, 0.15) is 32.1 Å². The fraction of sp³-hybridized carbons (Fsp3) is 0.615. The Balaban J connectivity index is 2.12. The van der Waals surface area contributed by atoms with Gasteiger partial charge in [-0.05, 0) is 25.0 Å². The van der Waals surface area contributed by atoms with Gasteiger partial charge in [-0.15, -0.1) is 11.6 Å². The zero-order chi connectivity index (χ0) is 12.1. The largest absolute Gasteiger partial charge is 0.352 e. The maximum absolute atomic E-state index is 12.9. The number of nitrogens with zero attached hydrogens (tertiary/aromatic N) is 2. The van der Waals surface area contributed by atoms with E-state index in [0.29, 0.717) is 11.9 Å². The molecule has 0 saturated heterocycles. The van der Waals surface area contributed by atoms with Crippen molar-refractivity contribution in [2.24, 2.45) is 0 Å². The van der Waals surface area contributed by atoms with Crippen LogP contribution >= 0.6 is 11.6 Å². The van der Waals surface area contributed by atoms with E-state index in [1.54, 1.807) is 6.07 Å². The molecule has 1 saturated carbocycles. The molecule has 1 heterocycles. The summed E-state index contributed by atoms with van der Waals surface area (Å²) in [5.74, 6) is 1.14. The molecular formula is C13H18ClFN2. The van der Waals surface area contributed by atoms with Gasteiger partial charge >= 0.3 is 0 Å². The van der Waals surface area contributed by atoms with Gasteiger partial charge in [-0.2, -0.15) is 0 Å². The monoisotopic (exact) mass is 256 g/mol. The third-order valence-electron chi connectivity index (χ3n) is 3.35. The van der Waals surface area contributed by atoms with Crippen LogP contribution in [0.25, 0.3) is 0 Å². The summed E-state index contributed by atoms with van der Waals surface area (Å²) in [5, 5.41) is 0. The Labute approximate surface area is 107 Å². The number of anilines is 1. The molecule has 17 heavy (non-hydrogen) atoms. The van der Waals surface area contributed by atoms with Crippen LogP contribution in [0.2, 0.25) is 0 Å². The van der Waals surface area contributed by atoms with Gasteiger partial charge in [0, 0.05) is 18.5 Å². The minimum absolute atomic E-state index is 0.289. The van der Waals surface area contributed by atoms with E-state index < -0.39 is 0 Å². The Kier molecular flexibility index (Phi) is 4.60. The lowest BCUT2D eigenvalue weighted by atomic mass is 9.94. The molecule has 2 rings (SSSR count). The third kappa shape index (κ3) is 3.32. The summed E-state index contributed by atoms with van der Waals surface area (Å²) < 4.78 is 12.9. The normalized spacial score (nSPS) is 17.1. The number of halogens is 2. The fourth-order valence-corrected chi connectivity index (χ4v) is 2.69. The highest BCUT2D eigenvalue weighted by Crippen LogP contribution is 2.26. The second-order valence-electron chi connectivity index (χ2n) is 4.51. The Bertz CT molecular complexity index is 336. The molecule has 2 nitrogen and oxygen atoms in total. The summed E-state index contributed by atoms with van der Waals surface area (Å²) in [7, 11) is 0. The van der Waals surface area contributed by atoms with Crippen LogP contribution in [0.4, 0.5) is 10.2 Å². The molecule has 1 aromatic rings. The lowest BCUT2D eigenvalue weighted by Gasteiger charge is -2.34. The molecule has 0 amide bonds. The van der Waals surface area contributed by atoms with Crippen molar-refractivity contribution in [1.29, 1.82) is 0 Å². The van der Waals surface area contributed by atoms with Crippen molar-refractivity contribution >= 4 is 17.4 Å². The Hall–Kier alpha value is -0.830. The van der Waals surface area contributed by atoms with Gasteiger partial charge in [-0.1, -0.05) is 19.3 Å². The molecule has 0 bridgehead atoms. The number of pyridine rings is 1. The molecule has 0 aromatic carbocycles. The highest BCUT2D eigenvalue weighted by molar-refractivity contribution is 6.18. The van der Waals surface area contributed by atoms with Gasteiger partial charge in [0.1, 0.15) is 11.6 Å². The zero-order valence-corrected chi connectivity index (χ0v) is 10.7. The molecule has 0 N–H and O–H groups in total. The Morgan fingerprint density at radius 3 is 2.65 bits per heavy atom. The van der Waals surface area contributed by atoms with Crippen molar-refractivity contribution in [2.75, 3.05) is 17.3 Å². The maximum atomic E-state index is 12.9. The van der Waals surface area contributed by atoms with E-state index in [9.17, 15) is 4.39 Å². The van der Waals surface area contributed by atoms with E-state index >= 15 is 0 Å². The van der Waals surface area contributed by atoms with Crippen LogP contribution in [-0.4, -0.2) is 23.5 Å². The molecule has 0 spiro atoms. The lowest BCUT2D eigenvalue weighted by Crippen LogP contribution is -2.38. The molecule has 0 aliphatic heterocycles. The molecule has 0 atom stereocenters. The number of aromatic nitrogens is 1. The van der Waals surface area contributed by atoms with Crippen LogP contribution < -0.4 is 4.90 Å². The second-order valence-corrected chi connectivity index (χ2v) is 4.89. The van der Waals surface area contributed by atoms with Crippen LogP contribution in [0.15, 0.2) is 18.3 Å². The predicted molar refractivity (Wildman–Crippen MR) is 69.1 cm³/mol. The quantitative estimate of drug-likeness (QED) is 0.766. The fourth-order valence-electron chi connectivity index (χ4n) is 2.51. The van der Waals surface area contributed by atoms with Crippen LogP contribution in [0.5, 0.6) is 0 Å². The molecule has 1 aromatic heterocycles. The van der Waals surface area contributed by atoms with E-state index in [-0.39, 0.29) is 5.82 Å². The van der Waals surface area contributed by atoms with Gasteiger partial charge < -0.3 is 4.90 Å². The van der Waals surface area contributed by atoms with Crippen molar-refractivity contribution in [2.45, 2.75) is 38.1 Å². The molecular weight excluding hydrogens is 239 g/mol. The van der Waals surface area contributed by atoms with E-state index in [4.69, 9.17) is 11.6 Å². The van der Waals surface area contributed by atoms with Crippen molar-refractivity contribution < 1.29 is 4.39 Å². The van der Waals surface area contributed by atoms with E-state index in [2.05, 4.69) is 9.88 Å². The molecule has 1 aliphatic rings. The van der Waals surface area contributed by atoms with Crippen molar-refractivity contribution in [3.05, 3.63) is 24.1 Å². The summed E-state index contributed by atoms with van der Waals surface area (Å²) >= 11 is 5.85. The van der Waals surface area contributed by atoms with Gasteiger partial charge in [0.2, 0.25) is 0 Å². The van der Waals surface area contributed by atoms with E-state index in [0.717, 1.165) is 12.4 Å². The van der Waals surface area contributed by atoms with Crippen molar-refractivity contribution in [3.8, 4) is 0 Å². The van der Waals surface area contributed by atoms with Gasteiger partial charge in [-0.3, -0.25) is 0 Å². The molecule has 1 fully saturated rings. The highest BCUT2D eigenvalue weighted by Gasteiger charge is 2.21. The number of alkyl halides is 1. The Morgan fingerprint density at radius 2 is 2.06 bits per heavy atom. The van der Waals surface area contributed by atoms with Crippen molar-refractivity contribution in [1.82, 2.24) is 4.98 Å². The average molecular weight is 257 g/mol. The molecule has 94 valence electrons. The SMILES string of the molecule is Fc1ccc(N(CCCl)C2CCCCC2)nc1. The van der Waals surface area contributed by atoms with E-state index in [1.807, 2.05) is 0 Å². The van der Waals surface area contributed by atoms with Crippen molar-refractivity contribution in [3.63, 3.8) is 0 Å². The first kappa shape index (κ1) is 12.6. The number of hydrogen-bond acceptors (Lipinski definition) is 2. The van der Waals surface area contributed by atoms with Gasteiger partial charge in [0.25, 0.3) is 0 Å². The van der Waals surface area contributed by atoms with Gasteiger partial charge in [0.15, 0.2) is 0 Å². The molecule has 1 aliphatic carbocycles. The highest BCUT2D eigenvalue weighted by atomic mass is 35.5. The predicted octanol–water partition coefficient (Wildman–Crippen LogP) is 3.60. The molecule has 0 radical (unpaired) electrons. The first-order chi connectivity index (χ1) is 8.31. The summed E-state index contributed by atoms with van der Waals surface area (Å²) in [6.07, 6.45) is 7.52. The minimum atomic E-state index is -0.289. The molecule has 0 unspecified atom stereocenters. The maximum Gasteiger partial charge on any atom is 0.141 e. The van der Waals surface area contributed by atoms with Crippen LogP contribution in [-0.2, 0) is 0 Å². The first-order valence-corrected chi connectivity index (χ1v) is 6.79. The smallest absolute Gasteiger partial charge is 0.141 e. The number of hydrogen-bond donors (Lipinski definition) is 0. The van der Waals surface area contributed by atoms with Gasteiger partial charge in [-0.25, -0.2) is 9.37 Å². The summed E-state index contributed by atoms with van der Waals surface area (Å²) in [5.41, 5.74) is 0. The standard InChI is InChI=1S/C13H18ClFN2/c14-8-9-17(12-4-2-1-3-5-12)13-7-6-11(15)10-16-13/h6-7,10,12H,1-5,8-9H2.